The zero-order valence-electron chi connectivity index (χ0n) is 5.46. The first-order valence-corrected chi connectivity index (χ1v) is 2.94. The lowest BCUT2D eigenvalue weighted by atomic mass is 10.3. The van der Waals surface area contributed by atoms with Crippen LogP contribution in [0, 0.1) is 5.41 Å². The Morgan fingerprint density at radius 2 is 2.30 bits per heavy atom. The fraction of sp³-hybridized carbons (Fsp3) is 0. The summed E-state index contributed by atoms with van der Waals surface area (Å²) in [5.74, 6) is 0. The standard InChI is InChI=1S/C7H9N3/c8-4-3-7-2-1-6(9)5-10-7/h1-5,8,10H,9H2/b7-3-,8-4?. The third kappa shape index (κ3) is 1.48. The molecule has 0 spiro atoms. The highest BCUT2D eigenvalue weighted by Gasteiger charge is 1.93. The monoisotopic (exact) mass is 135 g/mol. The van der Waals surface area contributed by atoms with Crippen molar-refractivity contribution in [2.75, 3.05) is 0 Å². The molecule has 0 unspecified atom stereocenters. The van der Waals surface area contributed by atoms with Crippen LogP contribution in [-0.4, -0.2) is 6.21 Å². The van der Waals surface area contributed by atoms with E-state index in [0.717, 1.165) is 5.70 Å². The van der Waals surface area contributed by atoms with Gasteiger partial charge in [-0.2, -0.15) is 0 Å². The molecule has 0 aromatic carbocycles. The first-order chi connectivity index (χ1) is 4.83. The Kier molecular flexibility index (Phi) is 1.89. The molecule has 3 heteroatoms. The number of nitrogens with two attached hydrogens (primary N) is 1. The van der Waals surface area contributed by atoms with Gasteiger partial charge in [-0.05, 0) is 18.2 Å². The van der Waals surface area contributed by atoms with Crippen LogP contribution < -0.4 is 11.1 Å². The molecule has 0 aromatic heterocycles. The lowest BCUT2D eigenvalue weighted by molar-refractivity contribution is 1.06. The van der Waals surface area contributed by atoms with E-state index in [9.17, 15) is 0 Å². The van der Waals surface area contributed by atoms with E-state index in [-0.39, 0.29) is 0 Å². The van der Waals surface area contributed by atoms with Gasteiger partial charge in [0.15, 0.2) is 0 Å². The molecule has 0 atom stereocenters. The quantitative estimate of drug-likeness (QED) is 0.458. The van der Waals surface area contributed by atoms with E-state index in [4.69, 9.17) is 11.1 Å². The maximum absolute atomic E-state index is 6.76. The highest BCUT2D eigenvalue weighted by Crippen LogP contribution is 1.99. The van der Waals surface area contributed by atoms with Crippen molar-refractivity contribution in [1.29, 1.82) is 5.41 Å². The molecule has 0 aromatic rings. The van der Waals surface area contributed by atoms with Gasteiger partial charge in [-0.25, -0.2) is 0 Å². The molecule has 0 fully saturated rings. The third-order valence-electron chi connectivity index (χ3n) is 1.12. The first kappa shape index (κ1) is 6.61. The van der Waals surface area contributed by atoms with Crippen LogP contribution in [0.25, 0.3) is 0 Å². The topological polar surface area (TPSA) is 61.9 Å². The molecule has 3 nitrogen and oxygen atoms in total. The number of hydrogen-bond donors (Lipinski definition) is 3. The van der Waals surface area contributed by atoms with E-state index >= 15 is 0 Å². The number of dihydropyridines is 1. The molecule has 0 radical (unpaired) electrons. The molecule has 52 valence electrons. The Labute approximate surface area is 59.4 Å². The van der Waals surface area contributed by atoms with E-state index < -0.39 is 0 Å². The molecule has 4 N–H and O–H groups in total. The van der Waals surface area contributed by atoms with Crippen LogP contribution in [0.2, 0.25) is 0 Å². The molecule has 10 heavy (non-hydrogen) atoms. The normalized spacial score (nSPS) is 20.0. The number of allylic oxidation sites excluding steroid dienone is 3. The van der Waals surface area contributed by atoms with Gasteiger partial charge >= 0.3 is 0 Å². The summed E-state index contributed by atoms with van der Waals surface area (Å²) in [5.41, 5.74) is 7.00. The molecule has 0 saturated carbocycles. The maximum atomic E-state index is 6.76. The van der Waals surface area contributed by atoms with Crippen molar-refractivity contribution in [2.45, 2.75) is 0 Å². The van der Waals surface area contributed by atoms with Crippen molar-refractivity contribution in [2.24, 2.45) is 5.73 Å². The first-order valence-electron chi connectivity index (χ1n) is 2.94. The van der Waals surface area contributed by atoms with E-state index in [0.29, 0.717) is 5.70 Å². The summed E-state index contributed by atoms with van der Waals surface area (Å²) in [6.45, 7) is 0. The van der Waals surface area contributed by atoms with Crippen LogP contribution in [-0.2, 0) is 0 Å². The molecule has 0 aliphatic carbocycles. The Morgan fingerprint density at radius 1 is 1.50 bits per heavy atom. The summed E-state index contributed by atoms with van der Waals surface area (Å²) in [6.07, 6.45) is 8.17. The van der Waals surface area contributed by atoms with Crippen LogP contribution in [0.5, 0.6) is 0 Å². The van der Waals surface area contributed by atoms with Gasteiger partial charge in [0.1, 0.15) is 0 Å². The van der Waals surface area contributed by atoms with E-state index in [1.54, 1.807) is 18.4 Å². The number of nitrogens with one attached hydrogen (secondary N) is 2. The fourth-order valence-electron chi connectivity index (χ4n) is 0.642. The van der Waals surface area contributed by atoms with Gasteiger partial charge < -0.3 is 16.5 Å². The van der Waals surface area contributed by atoms with Gasteiger partial charge in [-0.3, -0.25) is 0 Å². The van der Waals surface area contributed by atoms with Gasteiger partial charge in [-0.1, -0.05) is 0 Å². The van der Waals surface area contributed by atoms with Crippen LogP contribution in [0.3, 0.4) is 0 Å². The smallest absolute Gasteiger partial charge is 0.0477 e. The van der Waals surface area contributed by atoms with Gasteiger partial charge in [0.2, 0.25) is 0 Å². The van der Waals surface area contributed by atoms with Crippen molar-refractivity contribution in [3.63, 3.8) is 0 Å². The van der Waals surface area contributed by atoms with Crippen molar-refractivity contribution < 1.29 is 0 Å². The molecule has 1 aliphatic rings. The second-order valence-corrected chi connectivity index (χ2v) is 1.91. The molecule has 1 aliphatic heterocycles. The SMILES string of the molecule is N=C/C=C1/C=CC(N)=CN1. The van der Waals surface area contributed by atoms with Gasteiger partial charge in [0.05, 0.1) is 0 Å². The van der Waals surface area contributed by atoms with Crippen molar-refractivity contribution in [1.82, 2.24) is 5.32 Å². The minimum atomic E-state index is 0.696. The van der Waals surface area contributed by atoms with Crippen LogP contribution in [0.15, 0.2) is 35.8 Å². The predicted molar refractivity (Wildman–Crippen MR) is 41.4 cm³/mol. The molecular formula is C7H9N3. The van der Waals surface area contributed by atoms with Gasteiger partial charge in [-0.15, -0.1) is 0 Å². The van der Waals surface area contributed by atoms with E-state index in [1.165, 1.54) is 6.21 Å². The van der Waals surface area contributed by atoms with E-state index in [2.05, 4.69) is 5.32 Å². The van der Waals surface area contributed by atoms with Crippen molar-refractivity contribution in [3.8, 4) is 0 Å². The zero-order chi connectivity index (χ0) is 7.40. The summed E-state index contributed by atoms with van der Waals surface area (Å²) in [5, 5.41) is 9.67. The van der Waals surface area contributed by atoms with E-state index in [1.807, 2.05) is 6.08 Å². The third-order valence-corrected chi connectivity index (χ3v) is 1.12. The van der Waals surface area contributed by atoms with Gasteiger partial charge in [0, 0.05) is 23.8 Å². The predicted octanol–water partition coefficient (Wildman–Crippen LogP) is 0.479. The number of rotatable bonds is 1. The van der Waals surface area contributed by atoms with Crippen molar-refractivity contribution in [3.05, 3.63) is 35.8 Å². The summed E-state index contributed by atoms with van der Waals surface area (Å²) in [6, 6.07) is 0. The molecule has 0 bridgehead atoms. The van der Waals surface area contributed by atoms with Crippen LogP contribution in [0.4, 0.5) is 0 Å². The Hall–Kier alpha value is -1.51. The summed E-state index contributed by atoms with van der Waals surface area (Å²) >= 11 is 0. The second kappa shape index (κ2) is 2.87. The second-order valence-electron chi connectivity index (χ2n) is 1.91. The van der Waals surface area contributed by atoms with Crippen LogP contribution >= 0.6 is 0 Å². The maximum Gasteiger partial charge on any atom is 0.0477 e. The number of hydrogen-bond acceptors (Lipinski definition) is 3. The molecule has 1 rings (SSSR count). The highest BCUT2D eigenvalue weighted by atomic mass is 14.9. The molecular weight excluding hydrogens is 126 g/mol. The summed E-state index contributed by atoms with van der Waals surface area (Å²) < 4.78 is 0. The van der Waals surface area contributed by atoms with Crippen LogP contribution in [0.1, 0.15) is 0 Å². The largest absolute Gasteiger partial charge is 0.398 e. The zero-order valence-corrected chi connectivity index (χ0v) is 5.46. The average Bonchev–Trinajstić information content (AvgIpc) is 1.95. The molecule has 1 heterocycles. The molecule has 0 saturated heterocycles. The Balaban J connectivity index is 2.69. The van der Waals surface area contributed by atoms with Crippen molar-refractivity contribution >= 4 is 6.21 Å². The highest BCUT2D eigenvalue weighted by molar-refractivity contribution is 5.70. The van der Waals surface area contributed by atoms with Gasteiger partial charge in [0.25, 0.3) is 0 Å². The summed E-state index contributed by atoms with van der Waals surface area (Å²) in [4.78, 5) is 0. The lowest BCUT2D eigenvalue weighted by Gasteiger charge is -2.06. The average molecular weight is 135 g/mol. The fourth-order valence-corrected chi connectivity index (χ4v) is 0.642. The minimum absolute atomic E-state index is 0.696. The molecule has 0 amide bonds. The lowest BCUT2D eigenvalue weighted by Crippen LogP contribution is -2.11. The summed E-state index contributed by atoms with van der Waals surface area (Å²) in [7, 11) is 0. The Bertz CT molecular complexity index is 223. The Morgan fingerprint density at radius 3 is 2.80 bits per heavy atom. The minimum Gasteiger partial charge on any atom is -0.398 e.